The average Bonchev–Trinajstić information content (AvgIpc) is 2.27. The van der Waals surface area contributed by atoms with Crippen molar-refractivity contribution in [3.8, 4) is 0 Å². The molecule has 0 aliphatic carbocycles. The Morgan fingerprint density at radius 3 is 2.72 bits per heavy atom. The minimum atomic E-state index is -1.01. The molecule has 0 saturated carbocycles. The molecule has 5 nitrogen and oxygen atoms in total. The Balaban J connectivity index is 2.69. The highest BCUT2D eigenvalue weighted by atomic mass is 127. The number of nitrogens with one attached hydrogen (secondary N) is 1. The first-order valence-electron chi connectivity index (χ1n) is 5.56. The molecule has 0 aliphatic heterocycles. The van der Waals surface area contributed by atoms with Gasteiger partial charge in [0.25, 0.3) is 0 Å². The van der Waals surface area contributed by atoms with E-state index in [0.29, 0.717) is 18.7 Å². The summed E-state index contributed by atoms with van der Waals surface area (Å²) in [6.45, 7) is 2.03. The quantitative estimate of drug-likeness (QED) is 0.792. The summed E-state index contributed by atoms with van der Waals surface area (Å²) in [5.41, 5.74) is 0.665. The molecule has 0 saturated heterocycles. The Morgan fingerprint density at radius 1 is 1.44 bits per heavy atom. The molecule has 0 unspecified atom stereocenters. The summed E-state index contributed by atoms with van der Waals surface area (Å²) in [6.07, 6.45) is 0.715. The molecule has 1 aromatic carbocycles. The van der Waals surface area contributed by atoms with E-state index in [-0.39, 0.29) is 12.6 Å². The molecule has 0 fully saturated rings. The van der Waals surface area contributed by atoms with E-state index in [9.17, 15) is 9.59 Å². The molecule has 0 heterocycles. The molecule has 18 heavy (non-hydrogen) atoms. The molecule has 0 aromatic heterocycles. The van der Waals surface area contributed by atoms with E-state index in [0.717, 1.165) is 3.57 Å². The van der Waals surface area contributed by atoms with Gasteiger partial charge in [0.15, 0.2) is 0 Å². The number of carbonyl (C=O) groups excluding carboxylic acids is 1. The van der Waals surface area contributed by atoms with Crippen LogP contribution in [-0.4, -0.2) is 35.1 Å². The molecular formula is C12H15IN2O3. The first-order chi connectivity index (χ1) is 8.52. The van der Waals surface area contributed by atoms with Crippen LogP contribution in [0.2, 0.25) is 0 Å². The lowest BCUT2D eigenvalue weighted by molar-refractivity contribution is -0.137. The number of nitrogens with zero attached hydrogens (tertiary/aromatic N) is 1. The highest BCUT2D eigenvalue weighted by molar-refractivity contribution is 14.1. The Labute approximate surface area is 119 Å². The van der Waals surface area contributed by atoms with E-state index in [4.69, 9.17) is 5.11 Å². The van der Waals surface area contributed by atoms with Crippen molar-refractivity contribution >= 4 is 40.3 Å². The summed E-state index contributed by atoms with van der Waals surface area (Å²) in [5.74, 6) is -1.01. The number of urea groups is 1. The molecule has 0 aliphatic rings. The van der Waals surface area contributed by atoms with E-state index in [1.807, 2.05) is 25.1 Å². The third kappa shape index (κ3) is 4.91. The number of carboxylic acids is 1. The molecule has 0 atom stereocenters. The number of hydrogen-bond acceptors (Lipinski definition) is 2. The van der Waals surface area contributed by atoms with E-state index in [2.05, 4.69) is 27.9 Å². The Kier molecular flexibility index (Phi) is 5.90. The Morgan fingerprint density at radius 2 is 2.17 bits per heavy atom. The zero-order chi connectivity index (χ0) is 13.5. The van der Waals surface area contributed by atoms with Gasteiger partial charge in [-0.2, -0.15) is 0 Å². The maximum Gasteiger partial charge on any atom is 0.323 e. The van der Waals surface area contributed by atoms with Gasteiger partial charge in [0, 0.05) is 15.8 Å². The number of amides is 2. The fourth-order valence-electron chi connectivity index (χ4n) is 1.45. The van der Waals surface area contributed by atoms with Crippen molar-refractivity contribution in [3.63, 3.8) is 0 Å². The summed E-state index contributed by atoms with van der Waals surface area (Å²) in [4.78, 5) is 23.9. The number of rotatable bonds is 5. The summed E-state index contributed by atoms with van der Waals surface area (Å²) in [7, 11) is 0. The lowest BCUT2D eigenvalue weighted by Gasteiger charge is -2.20. The average molecular weight is 362 g/mol. The van der Waals surface area contributed by atoms with Crippen LogP contribution in [0, 0.1) is 3.57 Å². The highest BCUT2D eigenvalue weighted by Crippen LogP contribution is 2.13. The van der Waals surface area contributed by atoms with Crippen LogP contribution in [0.15, 0.2) is 24.3 Å². The number of aliphatic carboxylic acids is 1. The minimum absolute atomic E-state index is 0.288. The zero-order valence-corrected chi connectivity index (χ0v) is 12.2. The van der Waals surface area contributed by atoms with Gasteiger partial charge in [-0.05, 0) is 47.2 Å². The fraction of sp³-hybridized carbons (Fsp3) is 0.333. The van der Waals surface area contributed by atoms with Gasteiger partial charge in [0.2, 0.25) is 0 Å². The van der Waals surface area contributed by atoms with Gasteiger partial charge in [-0.1, -0.05) is 13.0 Å². The standard InChI is InChI=1S/C12H15IN2O3/c1-2-6-15(8-11(16)17)12(18)14-10-5-3-4-9(13)7-10/h3-5,7H,2,6,8H2,1H3,(H,14,18)(H,16,17). The monoisotopic (exact) mass is 362 g/mol. The molecule has 98 valence electrons. The van der Waals surface area contributed by atoms with Gasteiger partial charge in [-0.25, -0.2) is 4.79 Å². The molecule has 6 heteroatoms. The van der Waals surface area contributed by atoms with Crippen molar-refractivity contribution in [3.05, 3.63) is 27.8 Å². The molecule has 0 bridgehead atoms. The van der Waals surface area contributed by atoms with E-state index in [1.165, 1.54) is 4.90 Å². The number of hydrogen-bond donors (Lipinski definition) is 2. The Hall–Kier alpha value is -1.31. The maximum atomic E-state index is 11.9. The molecule has 0 radical (unpaired) electrons. The van der Waals surface area contributed by atoms with E-state index < -0.39 is 5.97 Å². The largest absolute Gasteiger partial charge is 0.480 e. The second-order valence-corrected chi connectivity index (χ2v) is 5.00. The van der Waals surface area contributed by atoms with Gasteiger partial charge >= 0.3 is 12.0 Å². The Bertz CT molecular complexity index is 437. The predicted molar refractivity (Wildman–Crippen MR) is 77.7 cm³/mol. The summed E-state index contributed by atoms with van der Waals surface area (Å²) in [5, 5.41) is 11.4. The van der Waals surface area contributed by atoms with Gasteiger partial charge < -0.3 is 15.3 Å². The normalized spacial score (nSPS) is 9.89. The molecule has 1 aromatic rings. The van der Waals surface area contributed by atoms with Crippen LogP contribution < -0.4 is 5.32 Å². The number of benzene rings is 1. The topological polar surface area (TPSA) is 69.6 Å². The van der Waals surface area contributed by atoms with Gasteiger partial charge in [-0.15, -0.1) is 0 Å². The number of carboxylic acid groups (broad SMARTS) is 1. The van der Waals surface area contributed by atoms with Crippen LogP contribution in [-0.2, 0) is 4.79 Å². The number of halogens is 1. The van der Waals surface area contributed by atoms with Crippen LogP contribution >= 0.6 is 22.6 Å². The molecular weight excluding hydrogens is 347 g/mol. The lowest BCUT2D eigenvalue weighted by Crippen LogP contribution is -2.39. The van der Waals surface area contributed by atoms with Crippen molar-refractivity contribution in [1.29, 1.82) is 0 Å². The first kappa shape index (κ1) is 14.7. The van der Waals surface area contributed by atoms with Gasteiger partial charge in [0.05, 0.1) is 0 Å². The molecule has 2 amide bonds. The summed E-state index contributed by atoms with van der Waals surface area (Å²) in [6, 6.07) is 6.95. The SMILES string of the molecule is CCCN(CC(=O)O)C(=O)Nc1cccc(I)c1. The molecule has 0 spiro atoms. The first-order valence-corrected chi connectivity index (χ1v) is 6.64. The van der Waals surface area contributed by atoms with Crippen molar-refractivity contribution < 1.29 is 14.7 Å². The van der Waals surface area contributed by atoms with E-state index in [1.54, 1.807) is 6.07 Å². The minimum Gasteiger partial charge on any atom is -0.480 e. The maximum absolute atomic E-state index is 11.9. The smallest absolute Gasteiger partial charge is 0.323 e. The van der Waals surface area contributed by atoms with Crippen molar-refractivity contribution in [2.24, 2.45) is 0 Å². The second-order valence-electron chi connectivity index (χ2n) is 3.76. The summed E-state index contributed by atoms with van der Waals surface area (Å²) >= 11 is 2.15. The van der Waals surface area contributed by atoms with Crippen LogP contribution in [0.1, 0.15) is 13.3 Å². The second kappa shape index (κ2) is 7.20. The van der Waals surface area contributed by atoms with Gasteiger partial charge in [0.1, 0.15) is 6.54 Å². The third-order valence-electron chi connectivity index (χ3n) is 2.18. The van der Waals surface area contributed by atoms with Crippen molar-refractivity contribution in [1.82, 2.24) is 4.90 Å². The zero-order valence-electron chi connectivity index (χ0n) is 10.0. The van der Waals surface area contributed by atoms with Gasteiger partial charge in [-0.3, -0.25) is 4.79 Å². The fourth-order valence-corrected chi connectivity index (χ4v) is 2.00. The van der Waals surface area contributed by atoms with Crippen LogP contribution in [0.3, 0.4) is 0 Å². The van der Waals surface area contributed by atoms with Crippen molar-refractivity contribution in [2.75, 3.05) is 18.4 Å². The van der Waals surface area contributed by atoms with Crippen LogP contribution in [0.4, 0.5) is 10.5 Å². The van der Waals surface area contributed by atoms with Crippen molar-refractivity contribution in [2.45, 2.75) is 13.3 Å². The summed E-state index contributed by atoms with van der Waals surface area (Å²) < 4.78 is 1.01. The third-order valence-corrected chi connectivity index (χ3v) is 2.85. The van der Waals surface area contributed by atoms with Crippen LogP contribution in [0.25, 0.3) is 0 Å². The van der Waals surface area contributed by atoms with Crippen LogP contribution in [0.5, 0.6) is 0 Å². The number of carbonyl (C=O) groups is 2. The van der Waals surface area contributed by atoms with E-state index >= 15 is 0 Å². The highest BCUT2D eigenvalue weighted by Gasteiger charge is 2.15. The predicted octanol–water partition coefficient (Wildman–Crippen LogP) is 2.62. The number of anilines is 1. The molecule has 2 N–H and O–H groups in total. The molecule has 1 rings (SSSR count). The lowest BCUT2D eigenvalue weighted by atomic mass is 10.3.